The summed E-state index contributed by atoms with van der Waals surface area (Å²) in [5.41, 5.74) is 3.22. The topological polar surface area (TPSA) is 59.0 Å². The zero-order valence-electron chi connectivity index (χ0n) is 23.8. The molecule has 0 aromatic heterocycles. The number of methoxy groups -OCH3 is 1. The van der Waals surface area contributed by atoms with E-state index in [0.717, 1.165) is 36.5 Å². The molecule has 1 heterocycles. The Hall–Kier alpha value is -2.73. The Balaban J connectivity index is 1.31. The maximum atomic E-state index is 12.9. The summed E-state index contributed by atoms with van der Waals surface area (Å²) in [6, 6.07) is 18.5. The number of ether oxygens (including phenoxy) is 2. The van der Waals surface area contributed by atoms with Gasteiger partial charge in [0.1, 0.15) is 11.5 Å². The molecule has 4 rings (SSSR count). The van der Waals surface area contributed by atoms with Crippen LogP contribution in [0.15, 0.2) is 78.6 Å². The van der Waals surface area contributed by atoms with Crippen LogP contribution in [0.2, 0.25) is 0 Å². The fraction of sp³-hybridized carbons (Fsp3) is 0.500. The Labute approximate surface area is 234 Å². The summed E-state index contributed by atoms with van der Waals surface area (Å²) in [6.07, 6.45) is 8.90. The Morgan fingerprint density at radius 2 is 1.74 bits per heavy atom. The van der Waals surface area contributed by atoms with Crippen LogP contribution in [0.5, 0.6) is 0 Å². The van der Waals surface area contributed by atoms with E-state index in [0.29, 0.717) is 37.9 Å². The monoisotopic (exact) mass is 531 g/mol. The number of carbonyl (C=O) groups is 1. The van der Waals surface area contributed by atoms with Gasteiger partial charge in [-0.1, -0.05) is 74.5 Å². The third kappa shape index (κ3) is 8.38. The van der Waals surface area contributed by atoms with Gasteiger partial charge in [0.25, 0.3) is 0 Å². The van der Waals surface area contributed by atoms with E-state index in [1.165, 1.54) is 18.4 Å². The lowest BCUT2D eigenvalue weighted by atomic mass is 9.81. The maximum absolute atomic E-state index is 12.9. The first-order chi connectivity index (χ1) is 18.9. The van der Waals surface area contributed by atoms with Gasteiger partial charge in [-0.25, -0.2) is 0 Å². The van der Waals surface area contributed by atoms with Gasteiger partial charge in [-0.05, 0) is 66.6 Å². The molecule has 39 heavy (non-hydrogen) atoms. The Morgan fingerprint density at radius 3 is 2.41 bits per heavy atom. The minimum atomic E-state index is -0.612. The molecule has 2 unspecified atom stereocenters. The molecule has 0 radical (unpaired) electrons. The molecule has 0 amide bonds. The van der Waals surface area contributed by atoms with E-state index in [-0.39, 0.29) is 17.6 Å². The van der Waals surface area contributed by atoms with Crippen LogP contribution in [0.4, 0.5) is 0 Å². The summed E-state index contributed by atoms with van der Waals surface area (Å²) in [4.78, 5) is 15.4. The van der Waals surface area contributed by atoms with Gasteiger partial charge in [0, 0.05) is 31.2 Å². The van der Waals surface area contributed by atoms with Crippen LogP contribution in [0.3, 0.4) is 0 Å². The second kappa shape index (κ2) is 14.6. The maximum Gasteiger partial charge on any atom is 0.135 e. The number of ketones is 1. The number of allylic oxidation sites excluding steroid dienone is 2. The van der Waals surface area contributed by atoms with Gasteiger partial charge < -0.3 is 19.5 Å². The van der Waals surface area contributed by atoms with Crippen molar-refractivity contribution in [2.75, 3.05) is 40.0 Å². The molecule has 0 saturated carbocycles. The summed E-state index contributed by atoms with van der Waals surface area (Å²) >= 11 is 0. The van der Waals surface area contributed by atoms with E-state index in [1.807, 2.05) is 36.4 Å². The van der Waals surface area contributed by atoms with Crippen molar-refractivity contribution in [1.82, 2.24) is 4.90 Å². The quantitative estimate of drug-likeness (QED) is 0.284. The summed E-state index contributed by atoms with van der Waals surface area (Å²) in [6.45, 7) is 8.27. The lowest BCUT2D eigenvalue weighted by Crippen LogP contribution is -2.34. The fourth-order valence-electron chi connectivity index (χ4n) is 5.80. The van der Waals surface area contributed by atoms with Crippen molar-refractivity contribution < 1.29 is 19.4 Å². The van der Waals surface area contributed by atoms with E-state index < -0.39 is 6.10 Å². The number of hydrogen-bond acceptors (Lipinski definition) is 5. The average Bonchev–Trinajstić information content (AvgIpc) is 3.48. The van der Waals surface area contributed by atoms with Crippen LogP contribution in [0.25, 0.3) is 11.1 Å². The van der Waals surface area contributed by atoms with Gasteiger partial charge in [0.05, 0.1) is 26.4 Å². The number of carbonyl (C=O) groups excluding carboxylic acids is 1. The van der Waals surface area contributed by atoms with Crippen LogP contribution >= 0.6 is 0 Å². The van der Waals surface area contributed by atoms with Gasteiger partial charge in [0.2, 0.25) is 0 Å². The van der Waals surface area contributed by atoms with Crippen LogP contribution in [-0.4, -0.2) is 55.7 Å². The molecule has 5 nitrogen and oxygen atoms in total. The van der Waals surface area contributed by atoms with Crippen LogP contribution in [0, 0.1) is 23.7 Å². The number of hydrogen-bond donors (Lipinski definition) is 1. The standard InChI is InChI=1S/C34H45NO4/c1-25-22-32(38-3)16-15-30(25)24-39-20-17-31(36)21-26(2)33(23-35-18-7-8-19-35)34(37)29-13-11-28(12-14-29)27-9-5-4-6-10-27/h4-6,9-16,22,25-26,30,33-34,37H,7-8,17-21,23-24H2,1-3H3/t25-,26?,30?,33-,34+/m0/s1. The van der Waals surface area contributed by atoms with E-state index in [2.05, 4.69) is 55.2 Å². The number of aliphatic hydroxyl groups excluding tert-OH is 1. The fourth-order valence-corrected chi connectivity index (χ4v) is 5.80. The minimum absolute atomic E-state index is 0.00876. The molecule has 2 aromatic carbocycles. The molecule has 0 spiro atoms. The molecule has 5 atom stereocenters. The number of likely N-dealkylation sites (tertiary alicyclic amines) is 1. The second-order valence-corrected chi connectivity index (χ2v) is 11.3. The zero-order valence-corrected chi connectivity index (χ0v) is 23.8. The highest BCUT2D eigenvalue weighted by Crippen LogP contribution is 2.33. The zero-order chi connectivity index (χ0) is 27.6. The van der Waals surface area contributed by atoms with Gasteiger partial charge in [-0.3, -0.25) is 4.79 Å². The molecule has 1 aliphatic heterocycles. The van der Waals surface area contributed by atoms with Crippen molar-refractivity contribution >= 4 is 5.78 Å². The number of nitrogens with zero attached hydrogens (tertiary/aromatic N) is 1. The first-order valence-electron chi connectivity index (χ1n) is 14.5. The van der Waals surface area contributed by atoms with E-state index in [9.17, 15) is 9.90 Å². The van der Waals surface area contributed by atoms with E-state index >= 15 is 0 Å². The van der Waals surface area contributed by atoms with Gasteiger partial charge in [-0.2, -0.15) is 0 Å². The highest BCUT2D eigenvalue weighted by atomic mass is 16.5. The van der Waals surface area contributed by atoms with Crippen LogP contribution < -0.4 is 0 Å². The number of benzene rings is 2. The number of Topliss-reactive ketones (excluding diaryl/α,β-unsaturated/α-hetero) is 1. The second-order valence-electron chi connectivity index (χ2n) is 11.3. The normalized spacial score (nSPS) is 21.8. The van der Waals surface area contributed by atoms with Crippen molar-refractivity contribution in [3.63, 3.8) is 0 Å². The predicted octanol–water partition coefficient (Wildman–Crippen LogP) is 6.45. The molecule has 1 aliphatic carbocycles. The molecule has 5 heteroatoms. The Bertz CT molecular complexity index is 1090. The van der Waals surface area contributed by atoms with Crippen molar-refractivity contribution in [3.8, 4) is 11.1 Å². The Kier molecular flexibility index (Phi) is 11.0. The average molecular weight is 532 g/mol. The van der Waals surface area contributed by atoms with Gasteiger partial charge in [0.15, 0.2) is 0 Å². The van der Waals surface area contributed by atoms with Crippen molar-refractivity contribution in [3.05, 3.63) is 84.1 Å². The Morgan fingerprint density at radius 1 is 1.05 bits per heavy atom. The van der Waals surface area contributed by atoms with Crippen molar-refractivity contribution in [2.24, 2.45) is 23.7 Å². The van der Waals surface area contributed by atoms with Gasteiger partial charge >= 0.3 is 0 Å². The first kappa shape index (κ1) is 29.3. The van der Waals surface area contributed by atoms with Gasteiger partial charge in [-0.15, -0.1) is 0 Å². The molecular formula is C34H45NO4. The lowest BCUT2D eigenvalue weighted by molar-refractivity contribution is -0.121. The van der Waals surface area contributed by atoms with Crippen molar-refractivity contribution in [2.45, 2.75) is 45.6 Å². The SMILES string of the molecule is COC1=C[C@H](C)C(COCCC(=O)CC(C)[C@H](CN2CCCC2)[C@H](O)c2ccc(-c3ccccc3)cc2)C=C1. The molecule has 1 saturated heterocycles. The molecular weight excluding hydrogens is 486 g/mol. The van der Waals surface area contributed by atoms with E-state index in [4.69, 9.17) is 9.47 Å². The predicted molar refractivity (Wildman–Crippen MR) is 157 cm³/mol. The lowest BCUT2D eigenvalue weighted by Gasteiger charge is -2.32. The van der Waals surface area contributed by atoms with E-state index in [1.54, 1.807) is 7.11 Å². The molecule has 2 aliphatic rings. The minimum Gasteiger partial charge on any atom is -0.497 e. The largest absolute Gasteiger partial charge is 0.497 e. The van der Waals surface area contributed by atoms with Crippen molar-refractivity contribution in [1.29, 1.82) is 0 Å². The third-order valence-electron chi connectivity index (χ3n) is 8.39. The number of rotatable bonds is 14. The highest BCUT2D eigenvalue weighted by Gasteiger charge is 2.31. The molecule has 210 valence electrons. The third-order valence-corrected chi connectivity index (χ3v) is 8.39. The van der Waals surface area contributed by atoms with Crippen LogP contribution in [-0.2, 0) is 14.3 Å². The number of aliphatic hydroxyl groups is 1. The summed E-state index contributed by atoms with van der Waals surface area (Å²) in [5, 5.41) is 11.5. The molecule has 0 bridgehead atoms. The smallest absolute Gasteiger partial charge is 0.135 e. The molecule has 1 fully saturated rings. The summed E-state index contributed by atoms with van der Waals surface area (Å²) in [5.74, 6) is 1.79. The van der Waals surface area contributed by atoms with Crippen LogP contribution in [0.1, 0.15) is 51.2 Å². The summed E-state index contributed by atoms with van der Waals surface area (Å²) in [7, 11) is 1.68. The summed E-state index contributed by atoms with van der Waals surface area (Å²) < 4.78 is 11.2. The molecule has 1 N–H and O–H groups in total. The highest BCUT2D eigenvalue weighted by molar-refractivity contribution is 5.78. The first-order valence-corrected chi connectivity index (χ1v) is 14.5. The molecule has 2 aromatic rings.